The second kappa shape index (κ2) is 4.23. The van der Waals surface area contributed by atoms with Gasteiger partial charge in [-0.05, 0) is 36.4 Å². The van der Waals surface area contributed by atoms with E-state index in [1.807, 2.05) is 0 Å². The van der Waals surface area contributed by atoms with Crippen LogP contribution < -0.4 is 5.73 Å². The summed E-state index contributed by atoms with van der Waals surface area (Å²) in [5.74, 6) is -0.261. The van der Waals surface area contributed by atoms with E-state index in [2.05, 4.69) is 4.98 Å². The number of aromatic nitrogens is 1. The van der Waals surface area contributed by atoms with Gasteiger partial charge in [0, 0.05) is 16.3 Å². The van der Waals surface area contributed by atoms with Crippen molar-refractivity contribution in [1.29, 1.82) is 0 Å². The van der Waals surface area contributed by atoms with Crippen LogP contribution in [0.4, 0.5) is 10.1 Å². The molecular weight excluding hydrogens is 271 g/mol. The third kappa shape index (κ3) is 2.05. The van der Waals surface area contributed by atoms with Crippen molar-refractivity contribution in [2.75, 3.05) is 5.73 Å². The second-order valence-electron chi connectivity index (χ2n) is 3.90. The first-order valence-electron chi connectivity index (χ1n) is 5.24. The Kier molecular flexibility index (Phi) is 2.69. The summed E-state index contributed by atoms with van der Waals surface area (Å²) in [6, 6.07) is 9.82. The Balaban J connectivity index is 2.19. The minimum absolute atomic E-state index is 0.261. The van der Waals surface area contributed by atoms with E-state index < -0.39 is 0 Å². The van der Waals surface area contributed by atoms with Gasteiger partial charge in [-0.3, -0.25) is 0 Å². The number of anilines is 1. The van der Waals surface area contributed by atoms with Crippen LogP contribution in [0.2, 0.25) is 5.02 Å². The van der Waals surface area contributed by atoms with Gasteiger partial charge in [0.15, 0.2) is 0 Å². The minimum Gasteiger partial charge on any atom is -0.399 e. The summed E-state index contributed by atoms with van der Waals surface area (Å²) in [6.45, 7) is 0. The molecular formula is C13H8ClFN2S. The predicted molar refractivity (Wildman–Crippen MR) is 74.4 cm³/mol. The molecule has 0 amide bonds. The lowest BCUT2D eigenvalue weighted by molar-refractivity contribution is 0.630. The Morgan fingerprint density at radius 1 is 1.17 bits per heavy atom. The fourth-order valence-electron chi connectivity index (χ4n) is 1.76. The maximum absolute atomic E-state index is 13.1. The van der Waals surface area contributed by atoms with Crippen LogP contribution in [0.25, 0.3) is 20.8 Å². The largest absolute Gasteiger partial charge is 0.399 e. The summed E-state index contributed by atoms with van der Waals surface area (Å²) in [5.41, 5.74) is 7.96. The molecule has 3 aromatic rings. The Hall–Kier alpha value is -1.65. The van der Waals surface area contributed by atoms with Gasteiger partial charge in [0.2, 0.25) is 0 Å². The zero-order valence-electron chi connectivity index (χ0n) is 9.15. The van der Waals surface area contributed by atoms with Crippen LogP contribution in [0.15, 0.2) is 36.4 Å². The molecule has 0 aliphatic carbocycles. The van der Waals surface area contributed by atoms with Crippen LogP contribution in [0.5, 0.6) is 0 Å². The summed E-state index contributed by atoms with van der Waals surface area (Å²) in [6.07, 6.45) is 0. The normalized spacial score (nSPS) is 11.0. The van der Waals surface area contributed by atoms with Gasteiger partial charge in [-0.15, -0.1) is 11.3 Å². The van der Waals surface area contributed by atoms with E-state index in [0.717, 1.165) is 20.8 Å². The van der Waals surface area contributed by atoms with Gasteiger partial charge < -0.3 is 5.73 Å². The topological polar surface area (TPSA) is 38.9 Å². The number of fused-ring (bicyclic) bond motifs is 1. The number of nitrogens with zero attached hydrogens (tertiary/aromatic N) is 1. The number of hydrogen-bond donors (Lipinski definition) is 1. The molecule has 0 unspecified atom stereocenters. The molecule has 0 saturated carbocycles. The van der Waals surface area contributed by atoms with Crippen LogP contribution in [0, 0.1) is 5.82 Å². The molecule has 3 rings (SSSR count). The molecule has 0 atom stereocenters. The van der Waals surface area contributed by atoms with Crippen molar-refractivity contribution in [3.05, 3.63) is 47.2 Å². The van der Waals surface area contributed by atoms with Crippen LogP contribution in [-0.4, -0.2) is 4.98 Å². The van der Waals surface area contributed by atoms with Gasteiger partial charge in [-0.2, -0.15) is 0 Å². The quantitative estimate of drug-likeness (QED) is 0.673. The molecule has 0 fully saturated rings. The van der Waals surface area contributed by atoms with Gasteiger partial charge in [-0.1, -0.05) is 11.6 Å². The first-order valence-corrected chi connectivity index (χ1v) is 6.44. The molecule has 1 heterocycles. The Morgan fingerprint density at radius 3 is 2.78 bits per heavy atom. The third-order valence-electron chi connectivity index (χ3n) is 2.52. The van der Waals surface area contributed by atoms with Crippen LogP contribution >= 0.6 is 22.9 Å². The molecule has 0 aliphatic heterocycles. The fourth-order valence-corrected chi connectivity index (χ4v) is 2.98. The maximum Gasteiger partial charge on any atom is 0.124 e. The average molecular weight is 279 g/mol. The minimum atomic E-state index is -0.261. The zero-order chi connectivity index (χ0) is 12.7. The lowest BCUT2D eigenvalue weighted by atomic mass is 10.2. The van der Waals surface area contributed by atoms with Gasteiger partial charge in [-0.25, -0.2) is 9.37 Å². The monoisotopic (exact) mass is 278 g/mol. The highest BCUT2D eigenvalue weighted by Gasteiger charge is 2.08. The molecule has 1 aromatic heterocycles. The first kappa shape index (κ1) is 11.4. The van der Waals surface area contributed by atoms with Crippen molar-refractivity contribution in [3.8, 4) is 10.6 Å². The lowest BCUT2D eigenvalue weighted by Gasteiger charge is -1.99. The summed E-state index contributed by atoms with van der Waals surface area (Å²) < 4.78 is 13.9. The van der Waals surface area contributed by atoms with Crippen LogP contribution in [0.1, 0.15) is 0 Å². The van der Waals surface area contributed by atoms with Crippen molar-refractivity contribution >= 4 is 38.8 Å². The Morgan fingerprint density at radius 2 is 2.00 bits per heavy atom. The summed E-state index contributed by atoms with van der Waals surface area (Å²) in [4.78, 5) is 4.44. The lowest BCUT2D eigenvalue weighted by Crippen LogP contribution is -1.85. The number of halogens is 2. The molecule has 2 N–H and O–H groups in total. The molecule has 0 radical (unpaired) electrons. The van der Waals surface area contributed by atoms with Crippen molar-refractivity contribution in [2.45, 2.75) is 0 Å². The Labute approximate surface area is 112 Å². The zero-order valence-corrected chi connectivity index (χ0v) is 10.7. The maximum atomic E-state index is 13.1. The van der Waals surface area contributed by atoms with E-state index >= 15 is 0 Å². The average Bonchev–Trinajstić information content (AvgIpc) is 2.70. The highest BCUT2D eigenvalue weighted by atomic mass is 35.5. The van der Waals surface area contributed by atoms with Crippen molar-refractivity contribution in [3.63, 3.8) is 0 Å². The van der Waals surface area contributed by atoms with Crippen molar-refractivity contribution in [2.24, 2.45) is 0 Å². The molecule has 0 bridgehead atoms. The molecule has 2 nitrogen and oxygen atoms in total. The molecule has 90 valence electrons. The number of hydrogen-bond acceptors (Lipinski definition) is 3. The van der Waals surface area contributed by atoms with E-state index in [0.29, 0.717) is 10.7 Å². The number of benzene rings is 2. The van der Waals surface area contributed by atoms with E-state index in [-0.39, 0.29) is 5.82 Å². The number of nitrogen functional groups attached to an aromatic ring is 1. The van der Waals surface area contributed by atoms with Crippen LogP contribution in [-0.2, 0) is 0 Å². The molecule has 2 aromatic carbocycles. The van der Waals surface area contributed by atoms with E-state index in [1.54, 1.807) is 24.3 Å². The molecule has 0 spiro atoms. The smallest absolute Gasteiger partial charge is 0.124 e. The van der Waals surface area contributed by atoms with Crippen LogP contribution in [0.3, 0.4) is 0 Å². The van der Waals surface area contributed by atoms with Crippen molar-refractivity contribution < 1.29 is 4.39 Å². The van der Waals surface area contributed by atoms with Crippen molar-refractivity contribution in [1.82, 2.24) is 4.98 Å². The number of thiazole rings is 1. The standard InChI is InChI=1S/C13H8ClFN2S/c14-8-3-7(4-10(16)5-8)13-17-11-2-1-9(15)6-12(11)18-13/h1-6H,16H2. The summed E-state index contributed by atoms with van der Waals surface area (Å²) in [5, 5.41) is 1.35. The van der Waals surface area contributed by atoms with E-state index in [9.17, 15) is 4.39 Å². The highest BCUT2D eigenvalue weighted by molar-refractivity contribution is 7.21. The Bertz CT molecular complexity index is 719. The van der Waals surface area contributed by atoms with Gasteiger partial charge in [0.05, 0.1) is 10.2 Å². The second-order valence-corrected chi connectivity index (χ2v) is 5.37. The van der Waals surface area contributed by atoms with Gasteiger partial charge in [0.25, 0.3) is 0 Å². The van der Waals surface area contributed by atoms with E-state index in [1.165, 1.54) is 23.5 Å². The molecule has 0 saturated heterocycles. The SMILES string of the molecule is Nc1cc(Cl)cc(-c2nc3ccc(F)cc3s2)c1. The third-order valence-corrected chi connectivity index (χ3v) is 3.80. The predicted octanol–water partition coefficient (Wildman–Crippen LogP) is 4.34. The molecule has 0 aliphatic rings. The highest BCUT2D eigenvalue weighted by Crippen LogP contribution is 2.32. The first-order chi connectivity index (χ1) is 8.61. The molecule has 5 heteroatoms. The number of rotatable bonds is 1. The molecule has 18 heavy (non-hydrogen) atoms. The summed E-state index contributed by atoms with van der Waals surface area (Å²) >= 11 is 7.38. The van der Waals surface area contributed by atoms with E-state index in [4.69, 9.17) is 17.3 Å². The van der Waals surface area contributed by atoms with Gasteiger partial charge >= 0.3 is 0 Å². The van der Waals surface area contributed by atoms with Gasteiger partial charge in [0.1, 0.15) is 10.8 Å². The summed E-state index contributed by atoms with van der Waals surface area (Å²) in [7, 11) is 0. The number of nitrogens with two attached hydrogens (primary N) is 1. The fraction of sp³-hybridized carbons (Fsp3) is 0.